The van der Waals surface area contributed by atoms with Crippen molar-refractivity contribution in [1.29, 1.82) is 0 Å². The molecule has 1 fully saturated rings. The topological polar surface area (TPSA) is 85.2 Å². The van der Waals surface area contributed by atoms with Gasteiger partial charge in [-0.1, -0.05) is 13.8 Å². The smallest absolute Gasteiger partial charge is 0.286 e. The van der Waals surface area contributed by atoms with Gasteiger partial charge in [0.25, 0.3) is 11.6 Å². The lowest BCUT2D eigenvalue weighted by atomic mass is 10.1. The van der Waals surface area contributed by atoms with Crippen molar-refractivity contribution >= 4 is 11.6 Å². The first-order chi connectivity index (χ1) is 12.4. The number of carbonyl (C=O) groups excluding carboxylic acids is 1. The van der Waals surface area contributed by atoms with Crippen LogP contribution in [-0.2, 0) is 0 Å². The summed E-state index contributed by atoms with van der Waals surface area (Å²) >= 11 is 0. The van der Waals surface area contributed by atoms with Gasteiger partial charge in [0.05, 0.1) is 24.7 Å². The van der Waals surface area contributed by atoms with Gasteiger partial charge in [-0.15, -0.1) is 0 Å². The lowest BCUT2D eigenvalue weighted by molar-refractivity contribution is -0.385. The van der Waals surface area contributed by atoms with Gasteiger partial charge in [0.15, 0.2) is 11.5 Å². The van der Waals surface area contributed by atoms with Crippen molar-refractivity contribution in [2.45, 2.75) is 20.8 Å². The predicted octanol–water partition coefficient (Wildman–Crippen LogP) is 2.42. The van der Waals surface area contributed by atoms with Gasteiger partial charge >= 0.3 is 0 Å². The summed E-state index contributed by atoms with van der Waals surface area (Å²) in [5, 5.41) is 11.4. The highest BCUT2D eigenvalue weighted by Gasteiger charge is 2.30. The van der Waals surface area contributed by atoms with E-state index in [2.05, 4.69) is 18.7 Å². The molecule has 0 bridgehead atoms. The first-order valence-electron chi connectivity index (χ1n) is 8.88. The Morgan fingerprint density at radius 2 is 1.88 bits per heavy atom. The molecular formula is C18H27N3O5. The van der Waals surface area contributed by atoms with E-state index >= 15 is 0 Å². The van der Waals surface area contributed by atoms with E-state index in [9.17, 15) is 14.9 Å². The van der Waals surface area contributed by atoms with Gasteiger partial charge in [-0.3, -0.25) is 19.8 Å². The molecule has 26 heavy (non-hydrogen) atoms. The monoisotopic (exact) mass is 365 g/mol. The van der Waals surface area contributed by atoms with Gasteiger partial charge in [0.1, 0.15) is 5.56 Å². The van der Waals surface area contributed by atoms with Gasteiger partial charge < -0.3 is 14.4 Å². The molecule has 2 rings (SSSR count). The number of nitrogens with zero attached hydrogens (tertiary/aromatic N) is 3. The SMILES string of the molecule is CCOc1cc(C(=O)N2CCN(CC(C)C)CC2)c([N+](=O)[O-])cc1OC. The van der Waals surface area contributed by atoms with E-state index in [0.717, 1.165) is 19.6 Å². The number of rotatable bonds is 7. The zero-order valence-electron chi connectivity index (χ0n) is 15.9. The molecule has 1 saturated heterocycles. The molecule has 1 aliphatic rings. The molecule has 1 aliphatic heterocycles. The van der Waals surface area contributed by atoms with E-state index < -0.39 is 4.92 Å². The number of hydrogen-bond donors (Lipinski definition) is 0. The minimum atomic E-state index is -0.555. The fraction of sp³-hybridized carbons (Fsp3) is 0.611. The van der Waals surface area contributed by atoms with Crippen LogP contribution in [0.2, 0.25) is 0 Å². The Labute approximate surface area is 153 Å². The molecule has 0 aromatic heterocycles. The van der Waals surface area contributed by atoms with Crippen molar-refractivity contribution < 1.29 is 19.2 Å². The molecule has 8 heteroatoms. The second-order valence-electron chi connectivity index (χ2n) is 6.70. The van der Waals surface area contributed by atoms with Crippen molar-refractivity contribution in [3.63, 3.8) is 0 Å². The number of methoxy groups -OCH3 is 1. The quantitative estimate of drug-likeness (QED) is 0.545. The van der Waals surface area contributed by atoms with E-state index in [1.807, 2.05) is 0 Å². The molecule has 1 heterocycles. The Hall–Kier alpha value is -2.35. The predicted molar refractivity (Wildman–Crippen MR) is 98.0 cm³/mol. The van der Waals surface area contributed by atoms with Crippen molar-refractivity contribution in [3.8, 4) is 11.5 Å². The zero-order chi connectivity index (χ0) is 19.3. The number of ether oxygens (including phenoxy) is 2. The average molecular weight is 365 g/mol. The minimum absolute atomic E-state index is 0.0385. The third kappa shape index (κ3) is 4.63. The fourth-order valence-corrected chi connectivity index (χ4v) is 3.12. The third-order valence-corrected chi connectivity index (χ3v) is 4.29. The number of carbonyl (C=O) groups is 1. The standard InChI is InChI=1S/C18H27N3O5/c1-5-26-17-10-14(15(21(23)24)11-16(17)25-4)18(22)20-8-6-19(7-9-20)12-13(2)3/h10-11,13H,5-9,12H2,1-4H3. The summed E-state index contributed by atoms with van der Waals surface area (Å²) in [5.74, 6) is 0.803. The van der Waals surface area contributed by atoms with Crippen molar-refractivity contribution in [3.05, 3.63) is 27.8 Å². The highest BCUT2D eigenvalue weighted by atomic mass is 16.6. The maximum absolute atomic E-state index is 12.9. The number of piperazine rings is 1. The molecule has 0 N–H and O–H groups in total. The van der Waals surface area contributed by atoms with E-state index in [-0.39, 0.29) is 22.9 Å². The molecule has 1 amide bonds. The summed E-state index contributed by atoms with van der Waals surface area (Å²) in [4.78, 5) is 27.8. The molecule has 1 aromatic rings. The number of hydrogen-bond acceptors (Lipinski definition) is 6. The van der Waals surface area contributed by atoms with Crippen LogP contribution >= 0.6 is 0 Å². The fourth-order valence-electron chi connectivity index (χ4n) is 3.12. The molecule has 0 aliphatic carbocycles. The van der Waals surface area contributed by atoms with Crippen molar-refractivity contribution in [2.24, 2.45) is 5.92 Å². The van der Waals surface area contributed by atoms with Crippen molar-refractivity contribution in [2.75, 3.05) is 46.4 Å². The van der Waals surface area contributed by atoms with Crippen molar-refractivity contribution in [1.82, 2.24) is 9.80 Å². The maximum atomic E-state index is 12.9. The van der Waals surface area contributed by atoms with E-state index in [4.69, 9.17) is 9.47 Å². The molecule has 0 unspecified atom stereocenters. The Morgan fingerprint density at radius 1 is 1.23 bits per heavy atom. The maximum Gasteiger partial charge on any atom is 0.286 e. The summed E-state index contributed by atoms with van der Waals surface area (Å²) in [7, 11) is 1.41. The van der Waals surface area contributed by atoms with E-state index in [0.29, 0.717) is 31.4 Å². The second-order valence-corrected chi connectivity index (χ2v) is 6.70. The molecule has 8 nitrogen and oxygen atoms in total. The first-order valence-corrected chi connectivity index (χ1v) is 8.88. The largest absolute Gasteiger partial charge is 0.493 e. The summed E-state index contributed by atoms with van der Waals surface area (Å²) in [6.45, 7) is 10.1. The molecule has 0 radical (unpaired) electrons. The van der Waals surface area contributed by atoms with E-state index in [1.165, 1.54) is 19.2 Å². The van der Waals surface area contributed by atoms with Crippen LogP contribution in [0.1, 0.15) is 31.1 Å². The highest BCUT2D eigenvalue weighted by molar-refractivity contribution is 5.99. The number of nitro benzene ring substituents is 1. The van der Waals surface area contributed by atoms with Gasteiger partial charge in [-0.25, -0.2) is 0 Å². The van der Waals surface area contributed by atoms with Gasteiger partial charge in [0.2, 0.25) is 0 Å². The molecule has 1 aromatic carbocycles. The molecule has 0 saturated carbocycles. The lowest BCUT2D eigenvalue weighted by Gasteiger charge is -2.35. The van der Waals surface area contributed by atoms with Crippen LogP contribution in [-0.4, -0.2) is 67.1 Å². The molecule has 144 valence electrons. The summed E-state index contributed by atoms with van der Waals surface area (Å²) in [6, 6.07) is 2.68. The number of benzene rings is 1. The highest BCUT2D eigenvalue weighted by Crippen LogP contribution is 2.35. The Morgan fingerprint density at radius 3 is 2.38 bits per heavy atom. The van der Waals surface area contributed by atoms with E-state index in [1.54, 1.807) is 11.8 Å². The Bertz CT molecular complexity index is 654. The summed E-state index contributed by atoms with van der Waals surface area (Å²) < 4.78 is 10.6. The van der Waals surface area contributed by atoms with Crippen LogP contribution in [0.15, 0.2) is 12.1 Å². The second kappa shape index (κ2) is 8.84. The van der Waals surface area contributed by atoms with Crippen LogP contribution in [0.4, 0.5) is 5.69 Å². The van der Waals surface area contributed by atoms with Crippen LogP contribution in [0.25, 0.3) is 0 Å². The summed E-state index contributed by atoms with van der Waals surface area (Å²) in [5.41, 5.74) is -0.225. The van der Waals surface area contributed by atoms with Gasteiger partial charge in [0, 0.05) is 38.8 Å². The third-order valence-electron chi connectivity index (χ3n) is 4.29. The van der Waals surface area contributed by atoms with Crippen LogP contribution in [0.5, 0.6) is 11.5 Å². The zero-order valence-corrected chi connectivity index (χ0v) is 15.9. The Kier molecular flexibility index (Phi) is 6.79. The summed E-state index contributed by atoms with van der Waals surface area (Å²) in [6.07, 6.45) is 0. The minimum Gasteiger partial charge on any atom is -0.493 e. The number of amides is 1. The van der Waals surface area contributed by atoms with Crippen LogP contribution < -0.4 is 9.47 Å². The average Bonchev–Trinajstić information content (AvgIpc) is 2.61. The first kappa shape index (κ1) is 20.0. The molecule has 0 atom stereocenters. The molecule has 0 spiro atoms. The van der Waals surface area contributed by atoms with Gasteiger partial charge in [-0.2, -0.15) is 0 Å². The number of nitro groups is 1. The Balaban J connectivity index is 2.24. The van der Waals surface area contributed by atoms with Crippen LogP contribution in [0.3, 0.4) is 0 Å². The normalized spacial score (nSPS) is 15.2. The molecular weight excluding hydrogens is 338 g/mol. The lowest BCUT2D eigenvalue weighted by Crippen LogP contribution is -2.49. The van der Waals surface area contributed by atoms with Gasteiger partial charge in [-0.05, 0) is 12.8 Å². The van der Waals surface area contributed by atoms with Crippen LogP contribution in [0, 0.1) is 16.0 Å².